The SMILES string of the molecule is CNc1sc2c(c1-c1nc3cc(-c4cccnc4)ccc3s1)CC(C)N(C(=O)OC(C)(C)C)C2C. The van der Waals surface area contributed by atoms with Crippen molar-refractivity contribution < 1.29 is 9.53 Å². The van der Waals surface area contributed by atoms with Crippen LogP contribution in [0.1, 0.15) is 51.1 Å². The van der Waals surface area contributed by atoms with Crippen LogP contribution in [0.15, 0.2) is 42.7 Å². The summed E-state index contributed by atoms with van der Waals surface area (Å²) in [5.41, 5.74) is 5.10. The van der Waals surface area contributed by atoms with E-state index in [4.69, 9.17) is 9.72 Å². The van der Waals surface area contributed by atoms with Crippen LogP contribution in [0.2, 0.25) is 0 Å². The lowest BCUT2D eigenvalue weighted by atomic mass is 9.93. The van der Waals surface area contributed by atoms with Crippen molar-refractivity contribution in [1.82, 2.24) is 14.9 Å². The van der Waals surface area contributed by atoms with E-state index in [0.29, 0.717) is 0 Å². The van der Waals surface area contributed by atoms with E-state index in [2.05, 4.69) is 48.4 Å². The second kappa shape index (κ2) is 8.91. The number of ether oxygens (including phenoxy) is 1. The van der Waals surface area contributed by atoms with Crippen LogP contribution in [0.25, 0.3) is 31.9 Å². The van der Waals surface area contributed by atoms with Crippen molar-refractivity contribution in [2.75, 3.05) is 12.4 Å². The van der Waals surface area contributed by atoms with Gasteiger partial charge in [-0.2, -0.15) is 0 Å². The summed E-state index contributed by atoms with van der Waals surface area (Å²) in [7, 11) is 1.95. The number of anilines is 1. The molecule has 0 spiro atoms. The molecular weight excluding hydrogens is 476 g/mol. The van der Waals surface area contributed by atoms with E-state index in [1.165, 1.54) is 16.0 Å². The van der Waals surface area contributed by atoms with Crippen LogP contribution in [0.5, 0.6) is 0 Å². The first kappa shape index (κ1) is 23.8. The summed E-state index contributed by atoms with van der Waals surface area (Å²) in [5, 5.41) is 5.49. The number of nitrogens with zero attached hydrogens (tertiary/aromatic N) is 3. The van der Waals surface area contributed by atoms with E-state index in [0.717, 1.165) is 37.8 Å². The number of rotatable bonds is 3. The summed E-state index contributed by atoms with van der Waals surface area (Å²) in [5.74, 6) is 0. The lowest BCUT2D eigenvalue weighted by Crippen LogP contribution is -2.46. The molecule has 8 heteroatoms. The van der Waals surface area contributed by atoms with E-state index >= 15 is 0 Å². The van der Waals surface area contributed by atoms with E-state index in [-0.39, 0.29) is 18.2 Å². The van der Waals surface area contributed by atoms with Crippen LogP contribution >= 0.6 is 22.7 Å². The molecule has 4 aromatic rings. The average Bonchev–Trinajstić information content (AvgIpc) is 3.38. The highest BCUT2D eigenvalue weighted by Crippen LogP contribution is 2.50. The number of thiazole rings is 1. The number of fused-ring (bicyclic) bond motifs is 2. The van der Waals surface area contributed by atoms with E-state index in [1.807, 2.05) is 45.0 Å². The average molecular weight is 507 g/mol. The number of pyridine rings is 1. The molecule has 0 fully saturated rings. The molecule has 1 aromatic carbocycles. The number of hydrogen-bond donors (Lipinski definition) is 1. The van der Waals surface area contributed by atoms with Gasteiger partial charge in [0.1, 0.15) is 10.6 Å². The highest BCUT2D eigenvalue weighted by molar-refractivity contribution is 7.22. The predicted molar refractivity (Wildman–Crippen MR) is 145 cm³/mol. The molecule has 35 heavy (non-hydrogen) atoms. The van der Waals surface area contributed by atoms with Crippen molar-refractivity contribution >= 4 is 44.0 Å². The molecule has 1 N–H and O–H groups in total. The fourth-order valence-corrected chi connectivity index (χ4v) is 7.05. The van der Waals surface area contributed by atoms with Crippen LogP contribution in [0.4, 0.5) is 9.80 Å². The highest BCUT2D eigenvalue weighted by Gasteiger charge is 2.39. The van der Waals surface area contributed by atoms with Gasteiger partial charge < -0.3 is 10.1 Å². The van der Waals surface area contributed by atoms with Gasteiger partial charge in [0, 0.05) is 41.5 Å². The minimum absolute atomic E-state index is 0.0250. The summed E-state index contributed by atoms with van der Waals surface area (Å²) in [6.45, 7) is 9.92. The Labute approximate surface area is 214 Å². The number of hydrogen-bond acceptors (Lipinski definition) is 7. The second-order valence-corrected chi connectivity index (χ2v) is 12.0. The molecule has 5 rings (SSSR count). The van der Waals surface area contributed by atoms with E-state index in [1.54, 1.807) is 28.9 Å². The van der Waals surface area contributed by atoms with Crippen molar-refractivity contribution in [3.63, 3.8) is 0 Å². The smallest absolute Gasteiger partial charge is 0.411 e. The molecule has 1 aliphatic heterocycles. The standard InChI is InChI=1S/C27H30N4O2S2/c1-15-12-19-22(24(28-6)35-23(19)16(2)31(15)26(32)33-27(3,4)5)25-30-20-13-17(9-10-21(20)34-25)18-8-7-11-29-14-18/h7-11,13-16,28H,12H2,1-6H3. The number of carbonyl (C=O) groups is 1. The maximum absolute atomic E-state index is 13.0. The molecule has 0 saturated heterocycles. The first-order valence-electron chi connectivity index (χ1n) is 11.8. The summed E-state index contributed by atoms with van der Waals surface area (Å²) in [4.78, 5) is 25.4. The van der Waals surface area contributed by atoms with Crippen molar-refractivity contribution in [2.24, 2.45) is 0 Å². The minimum atomic E-state index is -0.525. The van der Waals surface area contributed by atoms with Gasteiger partial charge in [0.2, 0.25) is 0 Å². The van der Waals surface area contributed by atoms with Gasteiger partial charge in [-0.15, -0.1) is 22.7 Å². The van der Waals surface area contributed by atoms with Crippen molar-refractivity contribution in [1.29, 1.82) is 0 Å². The molecule has 1 aliphatic rings. The van der Waals surface area contributed by atoms with Crippen LogP contribution < -0.4 is 5.32 Å². The molecule has 0 saturated carbocycles. The van der Waals surface area contributed by atoms with Gasteiger partial charge in [-0.05, 0) is 70.4 Å². The fraction of sp³-hybridized carbons (Fsp3) is 0.370. The topological polar surface area (TPSA) is 67.4 Å². The number of carbonyl (C=O) groups excluding carboxylic acids is 1. The molecule has 1 amide bonds. The minimum Gasteiger partial charge on any atom is -0.444 e. The number of nitrogens with one attached hydrogen (secondary N) is 1. The van der Waals surface area contributed by atoms with Gasteiger partial charge in [-0.3, -0.25) is 9.88 Å². The first-order chi connectivity index (χ1) is 16.7. The van der Waals surface area contributed by atoms with E-state index < -0.39 is 5.60 Å². The summed E-state index contributed by atoms with van der Waals surface area (Å²) < 4.78 is 6.88. The molecule has 2 unspecified atom stereocenters. The van der Waals surface area contributed by atoms with Crippen molar-refractivity contribution in [2.45, 2.75) is 58.7 Å². The first-order valence-corrected chi connectivity index (χ1v) is 13.5. The Balaban J connectivity index is 1.55. The quantitative estimate of drug-likeness (QED) is 0.314. The molecule has 182 valence electrons. The third kappa shape index (κ3) is 4.41. The summed E-state index contributed by atoms with van der Waals surface area (Å²) >= 11 is 3.43. The van der Waals surface area contributed by atoms with Gasteiger partial charge >= 0.3 is 6.09 Å². The maximum atomic E-state index is 13.0. The largest absolute Gasteiger partial charge is 0.444 e. The van der Waals surface area contributed by atoms with Gasteiger partial charge in [-0.25, -0.2) is 9.78 Å². The normalized spacial score (nSPS) is 17.9. The van der Waals surface area contributed by atoms with Crippen LogP contribution in [-0.4, -0.2) is 39.7 Å². The highest BCUT2D eigenvalue weighted by atomic mass is 32.1. The zero-order valence-corrected chi connectivity index (χ0v) is 22.5. The van der Waals surface area contributed by atoms with Gasteiger partial charge in [-0.1, -0.05) is 12.1 Å². The summed E-state index contributed by atoms with van der Waals surface area (Å²) in [6, 6.07) is 10.4. The van der Waals surface area contributed by atoms with Crippen LogP contribution in [-0.2, 0) is 11.2 Å². The Morgan fingerprint density at radius 1 is 1.17 bits per heavy atom. The fourth-order valence-electron chi connectivity index (χ4n) is 4.73. The number of aromatic nitrogens is 2. The molecular formula is C27H30N4O2S2. The molecule has 4 heterocycles. The van der Waals surface area contributed by atoms with Crippen LogP contribution in [0, 0.1) is 0 Å². The van der Waals surface area contributed by atoms with E-state index in [9.17, 15) is 4.79 Å². The second-order valence-electron chi connectivity index (χ2n) is 9.96. The number of thiophene rings is 1. The van der Waals surface area contributed by atoms with Gasteiger partial charge in [0.25, 0.3) is 0 Å². The Bertz CT molecular complexity index is 1390. The predicted octanol–water partition coefficient (Wildman–Crippen LogP) is 7.37. The molecule has 0 aliphatic carbocycles. The third-order valence-corrected chi connectivity index (χ3v) is 8.71. The molecule has 3 aromatic heterocycles. The molecule has 0 radical (unpaired) electrons. The number of benzene rings is 1. The number of amides is 1. The maximum Gasteiger partial charge on any atom is 0.411 e. The Morgan fingerprint density at radius 2 is 1.97 bits per heavy atom. The lowest BCUT2D eigenvalue weighted by molar-refractivity contribution is 0.00638. The van der Waals surface area contributed by atoms with Crippen molar-refractivity contribution in [3.05, 3.63) is 53.2 Å². The molecule has 2 atom stereocenters. The zero-order valence-electron chi connectivity index (χ0n) is 20.9. The van der Waals surface area contributed by atoms with Crippen LogP contribution in [0.3, 0.4) is 0 Å². The van der Waals surface area contributed by atoms with Gasteiger partial charge in [0.05, 0.1) is 21.3 Å². The monoisotopic (exact) mass is 506 g/mol. The third-order valence-electron chi connectivity index (χ3n) is 6.24. The van der Waals surface area contributed by atoms with Gasteiger partial charge in [0.15, 0.2) is 0 Å². The van der Waals surface area contributed by atoms with Crippen molar-refractivity contribution in [3.8, 4) is 21.7 Å². The molecule has 0 bridgehead atoms. The lowest BCUT2D eigenvalue weighted by Gasteiger charge is -2.39. The zero-order chi connectivity index (χ0) is 24.9. The Kier molecular flexibility index (Phi) is 6.05. The molecule has 6 nitrogen and oxygen atoms in total. The summed E-state index contributed by atoms with van der Waals surface area (Å²) in [6.07, 6.45) is 4.17. The Hall–Kier alpha value is -2.97. The Morgan fingerprint density at radius 3 is 2.66 bits per heavy atom.